The molecule has 0 saturated carbocycles. The molecule has 6 nitrogen and oxygen atoms in total. The quantitative estimate of drug-likeness (QED) is 0.779. The van der Waals surface area contributed by atoms with E-state index in [1.165, 1.54) is 0 Å². The third kappa shape index (κ3) is 6.56. The summed E-state index contributed by atoms with van der Waals surface area (Å²) in [7, 11) is 0. The molecule has 1 rings (SSSR count). The van der Waals surface area contributed by atoms with Gasteiger partial charge in [0, 0.05) is 6.54 Å². The maximum atomic E-state index is 11.6. The summed E-state index contributed by atoms with van der Waals surface area (Å²) >= 11 is 0. The number of hydrogen-bond acceptors (Lipinski definition) is 4. The molecule has 1 atom stereocenters. The fraction of sp³-hybridized carbons (Fsp3) is 0.400. The molecule has 0 radical (unpaired) electrons. The number of rotatable bonds is 6. The largest absolute Gasteiger partial charge is 0.456 e. The third-order valence-corrected chi connectivity index (χ3v) is 2.80. The summed E-state index contributed by atoms with van der Waals surface area (Å²) in [5.74, 6) is -1.12. The Labute approximate surface area is 123 Å². The molecule has 0 aliphatic carbocycles. The normalized spacial score (nSPS) is 11.3. The number of benzene rings is 1. The average molecular weight is 292 g/mol. The minimum Gasteiger partial charge on any atom is -0.456 e. The topological polar surface area (TPSA) is 84.5 Å². The molecule has 0 aliphatic heterocycles. The highest BCUT2D eigenvalue weighted by Gasteiger charge is 2.14. The van der Waals surface area contributed by atoms with Crippen LogP contribution in [0.25, 0.3) is 0 Å². The van der Waals surface area contributed by atoms with Crippen molar-refractivity contribution >= 4 is 17.9 Å². The van der Waals surface area contributed by atoms with Gasteiger partial charge in [0.15, 0.2) is 6.61 Å². The van der Waals surface area contributed by atoms with Crippen molar-refractivity contribution in [3.05, 3.63) is 35.9 Å². The number of urea groups is 1. The van der Waals surface area contributed by atoms with E-state index in [2.05, 4.69) is 10.6 Å². The number of imide groups is 1. The van der Waals surface area contributed by atoms with E-state index in [1.54, 1.807) is 6.92 Å². The number of hydrogen-bond donors (Lipinski definition) is 2. The van der Waals surface area contributed by atoms with Crippen LogP contribution in [0.3, 0.4) is 0 Å². The van der Waals surface area contributed by atoms with Crippen molar-refractivity contribution in [1.29, 1.82) is 0 Å². The Bertz CT molecular complexity index is 488. The second-order valence-corrected chi connectivity index (χ2v) is 4.58. The van der Waals surface area contributed by atoms with E-state index in [4.69, 9.17) is 4.74 Å². The van der Waals surface area contributed by atoms with Gasteiger partial charge in [-0.15, -0.1) is 0 Å². The summed E-state index contributed by atoms with van der Waals surface area (Å²) in [6.45, 7) is 3.59. The number of amides is 3. The molecule has 0 spiro atoms. The molecule has 0 saturated heterocycles. The van der Waals surface area contributed by atoms with Crippen LogP contribution >= 0.6 is 0 Å². The lowest BCUT2D eigenvalue weighted by Crippen LogP contribution is -2.41. The van der Waals surface area contributed by atoms with Gasteiger partial charge in [0.2, 0.25) is 0 Å². The lowest BCUT2D eigenvalue weighted by Gasteiger charge is -2.11. The molecule has 2 N–H and O–H groups in total. The van der Waals surface area contributed by atoms with Crippen LogP contribution in [0, 0.1) is 0 Å². The summed E-state index contributed by atoms with van der Waals surface area (Å²) in [6, 6.07) is 8.96. The molecule has 0 aliphatic rings. The predicted molar refractivity (Wildman–Crippen MR) is 77.6 cm³/mol. The van der Waals surface area contributed by atoms with Crippen molar-refractivity contribution in [1.82, 2.24) is 10.6 Å². The van der Waals surface area contributed by atoms with E-state index < -0.39 is 24.5 Å². The third-order valence-electron chi connectivity index (χ3n) is 2.80. The molecule has 3 amide bonds. The minimum atomic E-state index is -0.651. The Balaban J connectivity index is 2.31. The van der Waals surface area contributed by atoms with Crippen LogP contribution in [0.4, 0.5) is 4.79 Å². The molecular weight excluding hydrogens is 272 g/mol. The lowest BCUT2D eigenvalue weighted by molar-refractivity contribution is -0.148. The van der Waals surface area contributed by atoms with Crippen molar-refractivity contribution in [2.24, 2.45) is 0 Å². The first-order valence-electron chi connectivity index (χ1n) is 6.81. The molecule has 0 heterocycles. The van der Waals surface area contributed by atoms with Gasteiger partial charge in [0.1, 0.15) is 0 Å². The van der Waals surface area contributed by atoms with Crippen molar-refractivity contribution in [3.8, 4) is 0 Å². The van der Waals surface area contributed by atoms with Crippen LogP contribution in [0.2, 0.25) is 0 Å². The van der Waals surface area contributed by atoms with E-state index >= 15 is 0 Å². The van der Waals surface area contributed by atoms with E-state index in [9.17, 15) is 14.4 Å². The van der Waals surface area contributed by atoms with Crippen molar-refractivity contribution in [2.45, 2.75) is 26.2 Å². The summed E-state index contributed by atoms with van der Waals surface area (Å²) < 4.78 is 4.84. The van der Waals surface area contributed by atoms with Gasteiger partial charge in [-0.1, -0.05) is 37.3 Å². The molecule has 1 aromatic rings. The van der Waals surface area contributed by atoms with Gasteiger partial charge in [0.25, 0.3) is 5.91 Å². The smallest absolute Gasteiger partial charge is 0.321 e. The highest BCUT2D eigenvalue weighted by molar-refractivity contribution is 5.95. The first-order chi connectivity index (χ1) is 10.0. The van der Waals surface area contributed by atoms with Crippen molar-refractivity contribution in [3.63, 3.8) is 0 Å². The van der Waals surface area contributed by atoms with Crippen LogP contribution in [0.1, 0.15) is 31.7 Å². The lowest BCUT2D eigenvalue weighted by atomic mass is 9.98. The van der Waals surface area contributed by atoms with E-state index in [1.807, 2.05) is 37.3 Å². The first-order valence-corrected chi connectivity index (χ1v) is 6.81. The summed E-state index contributed by atoms with van der Waals surface area (Å²) in [4.78, 5) is 34.1. The van der Waals surface area contributed by atoms with Gasteiger partial charge < -0.3 is 10.1 Å². The SMILES string of the molecule is CCNC(=O)NC(=O)COC(=O)C[C@@H](C)c1ccccc1. The summed E-state index contributed by atoms with van der Waals surface area (Å²) in [5.41, 5.74) is 1.03. The first kappa shape index (κ1) is 16.7. The number of carbonyl (C=O) groups excluding carboxylic acids is 3. The Hall–Kier alpha value is -2.37. The number of ether oxygens (including phenoxy) is 1. The Kier molecular flexibility index (Phi) is 6.94. The van der Waals surface area contributed by atoms with Gasteiger partial charge in [-0.3, -0.25) is 14.9 Å². The standard InChI is InChI=1S/C15H20N2O4/c1-3-16-15(20)17-13(18)10-21-14(19)9-11(2)12-7-5-4-6-8-12/h4-8,11H,3,9-10H2,1-2H3,(H2,16,17,18,20)/t11-/m1/s1. The highest BCUT2D eigenvalue weighted by Crippen LogP contribution is 2.18. The maximum absolute atomic E-state index is 11.6. The Morgan fingerprint density at radius 2 is 1.86 bits per heavy atom. The van der Waals surface area contributed by atoms with Crippen LogP contribution in [-0.2, 0) is 14.3 Å². The van der Waals surface area contributed by atoms with Crippen LogP contribution in [-0.4, -0.2) is 31.1 Å². The average Bonchev–Trinajstić information content (AvgIpc) is 2.46. The van der Waals surface area contributed by atoms with Crippen molar-refractivity contribution in [2.75, 3.05) is 13.2 Å². The van der Waals surface area contributed by atoms with Gasteiger partial charge in [-0.25, -0.2) is 4.79 Å². The predicted octanol–water partition coefficient (Wildman–Crippen LogP) is 1.57. The van der Waals surface area contributed by atoms with Gasteiger partial charge in [-0.05, 0) is 18.4 Å². The maximum Gasteiger partial charge on any atom is 0.321 e. The summed E-state index contributed by atoms with van der Waals surface area (Å²) in [5, 5.41) is 4.46. The van der Waals surface area contributed by atoms with E-state index in [0.717, 1.165) is 5.56 Å². The highest BCUT2D eigenvalue weighted by atomic mass is 16.5. The van der Waals surface area contributed by atoms with Gasteiger partial charge in [0.05, 0.1) is 6.42 Å². The zero-order valence-corrected chi connectivity index (χ0v) is 12.2. The fourth-order valence-corrected chi connectivity index (χ4v) is 1.72. The molecule has 0 fully saturated rings. The molecule has 6 heteroatoms. The molecule has 0 unspecified atom stereocenters. The molecule has 0 aromatic heterocycles. The van der Waals surface area contributed by atoms with E-state index in [-0.39, 0.29) is 12.3 Å². The fourth-order valence-electron chi connectivity index (χ4n) is 1.72. The number of carbonyl (C=O) groups is 3. The molecule has 21 heavy (non-hydrogen) atoms. The monoisotopic (exact) mass is 292 g/mol. The van der Waals surface area contributed by atoms with Gasteiger partial charge in [-0.2, -0.15) is 0 Å². The minimum absolute atomic E-state index is 0.00477. The van der Waals surface area contributed by atoms with Crippen LogP contribution in [0.5, 0.6) is 0 Å². The number of nitrogens with one attached hydrogen (secondary N) is 2. The molecule has 1 aromatic carbocycles. The summed E-state index contributed by atoms with van der Waals surface area (Å²) in [6.07, 6.45) is 0.179. The molecule has 114 valence electrons. The molecular formula is C15H20N2O4. The second-order valence-electron chi connectivity index (χ2n) is 4.58. The van der Waals surface area contributed by atoms with Crippen LogP contribution in [0.15, 0.2) is 30.3 Å². The second kappa shape index (κ2) is 8.73. The Morgan fingerprint density at radius 3 is 2.48 bits per heavy atom. The van der Waals surface area contributed by atoms with Gasteiger partial charge >= 0.3 is 12.0 Å². The van der Waals surface area contributed by atoms with Crippen molar-refractivity contribution < 1.29 is 19.1 Å². The zero-order valence-electron chi connectivity index (χ0n) is 12.2. The zero-order chi connectivity index (χ0) is 15.7. The van der Waals surface area contributed by atoms with E-state index in [0.29, 0.717) is 6.54 Å². The van der Waals surface area contributed by atoms with Crippen LogP contribution < -0.4 is 10.6 Å². The Morgan fingerprint density at radius 1 is 1.19 bits per heavy atom. The molecule has 0 bridgehead atoms. The number of esters is 1.